The van der Waals surface area contributed by atoms with Crippen LogP contribution in [0.25, 0.3) is 5.69 Å². The van der Waals surface area contributed by atoms with E-state index in [2.05, 4.69) is 61.9 Å². The lowest BCUT2D eigenvalue weighted by Gasteiger charge is -2.31. The first-order valence-electron chi connectivity index (χ1n) is 13.4. The molecule has 4 aromatic rings. The number of nitrogens with one attached hydrogen (secondary N) is 1. The third-order valence-electron chi connectivity index (χ3n) is 7.74. The summed E-state index contributed by atoms with van der Waals surface area (Å²) in [6, 6.07) is 23.3. The van der Waals surface area contributed by atoms with Crippen LogP contribution >= 0.6 is 12.2 Å². The molecule has 204 valence electrons. The van der Waals surface area contributed by atoms with E-state index in [1.54, 1.807) is 24.4 Å². The molecule has 2 aromatic heterocycles. The summed E-state index contributed by atoms with van der Waals surface area (Å²) in [6.07, 6.45) is 1.80. The van der Waals surface area contributed by atoms with Crippen LogP contribution in [0.3, 0.4) is 0 Å². The second-order valence-corrected chi connectivity index (χ2v) is 10.5. The van der Waals surface area contributed by atoms with E-state index in [0.717, 1.165) is 60.3 Å². The average Bonchev–Trinajstić information content (AvgIpc) is 3.48. The molecule has 2 saturated heterocycles. The number of morpholine rings is 1. The van der Waals surface area contributed by atoms with E-state index < -0.39 is 5.97 Å². The molecule has 0 bridgehead atoms. The van der Waals surface area contributed by atoms with Crippen molar-refractivity contribution in [2.45, 2.75) is 25.9 Å². The van der Waals surface area contributed by atoms with Gasteiger partial charge in [-0.1, -0.05) is 12.1 Å². The van der Waals surface area contributed by atoms with E-state index in [0.29, 0.717) is 5.11 Å². The van der Waals surface area contributed by atoms with Crippen molar-refractivity contribution in [1.82, 2.24) is 14.9 Å². The summed E-state index contributed by atoms with van der Waals surface area (Å²) in [7, 11) is 0. The zero-order valence-electron chi connectivity index (χ0n) is 22.4. The highest BCUT2D eigenvalue weighted by Gasteiger charge is 2.42. The number of anilines is 2. The van der Waals surface area contributed by atoms with Crippen LogP contribution in [0.2, 0.25) is 0 Å². The number of aromatic nitrogens is 2. The summed E-state index contributed by atoms with van der Waals surface area (Å²) in [6.45, 7) is 7.35. The van der Waals surface area contributed by atoms with Gasteiger partial charge >= 0.3 is 5.97 Å². The summed E-state index contributed by atoms with van der Waals surface area (Å²) in [5.74, 6) is -0.947. The third kappa shape index (κ3) is 4.71. The number of rotatable bonds is 6. The van der Waals surface area contributed by atoms with Crippen LogP contribution in [0.4, 0.5) is 11.4 Å². The zero-order valence-corrected chi connectivity index (χ0v) is 23.3. The van der Waals surface area contributed by atoms with E-state index in [9.17, 15) is 9.90 Å². The summed E-state index contributed by atoms with van der Waals surface area (Å²) in [4.78, 5) is 20.9. The Morgan fingerprint density at radius 2 is 1.73 bits per heavy atom. The Balaban J connectivity index is 1.44. The van der Waals surface area contributed by atoms with Crippen LogP contribution in [-0.4, -0.2) is 52.0 Å². The SMILES string of the molecule is Cc1cc([C@@H]2[C@H](c3ccccn3)NC(=S)N2c2ccc(N3CCOCC3)cc2)c(C)n1-c1cccc(C(=O)O)c1. The molecule has 9 heteroatoms. The largest absolute Gasteiger partial charge is 0.478 e. The van der Waals surface area contributed by atoms with Crippen LogP contribution in [0.5, 0.6) is 0 Å². The minimum absolute atomic E-state index is 0.167. The van der Waals surface area contributed by atoms with Gasteiger partial charge in [0.05, 0.1) is 36.6 Å². The summed E-state index contributed by atoms with van der Waals surface area (Å²) in [5.41, 5.74) is 7.25. The van der Waals surface area contributed by atoms with E-state index >= 15 is 0 Å². The number of benzene rings is 2. The molecule has 0 radical (unpaired) electrons. The number of aryl methyl sites for hydroxylation is 1. The van der Waals surface area contributed by atoms with Gasteiger partial charge in [0.15, 0.2) is 5.11 Å². The van der Waals surface area contributed by atoms with Crippen molar-refractivity contribution >= 4 is 34.7 Å². The lowest BCUT2D eigenvalue weighted by molar-refractivity contribution is 0.0697. The first-order valence-corrected chi connectivity index (χ1v) is 13.8. The average molecular weight is 554 g/mol. The Labute approximate surface area is 238 Å². The van der Waals surface area contributed by atoms with Gasteiger partial charge in [-0.25, -0.2) is 4.79 Å². The van der Waals surface area contributed by atoms with E-state index in [1.165, 1.54) is 5.69 Å². The van der Waals surface area contributed by atoms with E-state index in [-0.39, 0.29) is 17.6 Å². The molecule has 8 nitrogen and oxygen atoms in total. The minimum Gasteiger partial charge on any atom is -0.478 e. The number of carboxylic acids is 1. The lowest BCUT2D eigenvalue weighted by Crippen LogP contribution is -2.36. The molecule has 4 heterocycles. The number of carbonyl (C=O) groups is 1. The first-order chi connectivity index (χ1) is 19.4. The Bertz CT molecular complexity index is 1550. The molecule has 2 fully saturated rings. The number of thiocarbonyl (C=S) groups is 1. The Hall–Kier alpha value is -4.21. The predicted molar refractivity (Wildman–Crippen MR) is 160 cm³/mol. The molecular formula is C31H31N5O3S. The summed E-state index contributed by atoms with van der Waals surface area (Å²) >= 11 is 5.94. The van der Waals surface area contributed by atoms with Crippen molar-refractivity contribution in [1.29, 1.82) is 0 Å². The minimum atomic E-state index is -0.947. The molecule has 0 amide bonds. The zero-order chi connectivity index (χ0) is 27.8. The highest BCUT2D eigenvalue weighted by Crippen LogP contribution is 2.44. The number of ether oxygens (including phenoxy) is 1. The first kappa shape index (κ1) is 26.0. The standard InChI is InChI=1S/C31H31N5O3S/c1-20-18-26(21(2)35(20)25-7-5-6-22(19-25)30(37)38)29-28(27-8-3-4-13-32-27)33-31(40)36(29)24-11-9-23(10-12-24)34-14-16-39-17-15-34/h3-13,18-19,28-29H,14-17H2,1-2H3,(H,33,40)(H,37,38)/t28-,29+/m0/s1. The van der Waals surface area contributed by atoms with Gasteiger partial charge in [-0.2, -0.15) is 0 Å². The Morgan fingerprint density at radius 3 is 2.42 bits per heavy atom. The van der Waals surface area contributed by atoms with Crippen LogP contribution in [0.1, 0.15) is 45.1 Å². The van der Waals surface area contributed by atoms with E-state index in [4.69, 9.17) is 17.0 Å². The quantitative estimate of drug-likeness (QED) is 0.315. The van der Waals surface area contributed by atoms with Gasteiger partial charge in [0.1, 0.15) is 0 Å². The van der Waals surface area contributed by atoms with Gasteiger partial charge in [-0.05, 0) is 92.3 Å². The smallest absolute Gasteiger partial charge is 0.335 e. The number of aromatic carboxylic acids is 1. The van der Waals surface area contributed by atoms with Crippen molar-refractivity contribution in [3.63, 3.8) is 0 Å². The summed E-state index contributed by atoms with van der Waals surface area (Å²) < 4.78 is 7.63. The number of carboxylic acid groups (broad SMARTS) is 1. The Kier molecular flexibility index (Phi) is 7.00. The highest BCUT2D eigenvalue weighted by atomic mass is 32.1. The Morgan fingerprint density at radius 1 is 0.975 bits per heavy atom. The second-order valence-electron chi connectivity index (χ2n) is 10.1. The van der Waals surface area contributed by atoms with Gasteiger partial charge in [0, 0.05) is 47.7 Å². The maximum Gasteiger partial charge on any atom is 0.335 e. The fraction of sp³-hybridized carbons (Fsp3) is 0.258. The van der Waals surface area contributed by atoms with Gasteiger partial charge in [0.2, 0.25) is 0 Å². The van der Waals surface area contributed by atoms with Crippen molar-refractivity contribution in [2.75, 3.05) is 36.1 Å². The fourth-order valence-electron chi connectivity index (χ4n) is 5.86. The monoisotopic (exact) mass is 553 g/mol. The van der Waals surface area contributed by atoms with Crippen molar-refractivity contribution in [3.8, 4) is 5.69 Å². The molecule has 2 N–H and O–H groups in total. The molecule has 0 spiro atoms. The lowest BCUT2D eigenvalue weighted by atomic mass is 9.96. The second kappa shape index (κ2) is 10.7. The molecule has 2 aliphatic rings. The molecular weight excluding hydrogens is 522 g/mol. The molecule has 0 unspecified atom stereocenters. The number of hydrogen-bond acceptors (Lipinski definition) is 5. The number of pyridine rings is 1. The topological polar surface area (TPSA) is 82.9 Å². The maximum absolute atomic E-state index is 11.7. The maximum atomic E-state index is 11.7. The number of hydrogen-bond donors (Lipinski definition) is 2. The molecule has 6 rings (SSSR count). The normalized spacial score (nSPS) is 19.1. The fourth-order valence-corrected chi connectivity index (χ4v) is 6.20. The third-order valence-corrected chi connectivity index (χ3v) is 8.06. The van der Waals surface area contributed by atoms with Gasteiger partial charge in [-0.15, -0.1) is 0 Å². The van der Waals surface area contributed by atoms with Crippen molar-refractivity contribution < 1.29 is 14.6 Å². The summed E-state index contributed by atoms with van der Waals surface area (Å²) in [5, 5.41) is 13.8. The van der Waals surface area contributed by atoms with E-state index in [1.807, 2.05) is 31.2 Å². The van der Waals surface area contributed by atoms with Gasteiger partial charge < -0.3 is 29.5 Å². The van der Waals surface area contributed by atoms with Crippen molar-refractivity contribution in [2.24, 2.45) is 0 Å². The molecule has 0 aliphatic carbocycles. The molecule has 2 aromatic carbocycles. The van der Waals surface area contributed by atoms with Crippen LogP contribution in [0.15, 0.2) is 79.0 Å². The molecule has 2 atom stereocenters. The van der Waals surface area contributed by atoms with Crippen LogP contribution in [-0.2, 0) is 4.74 Å². The molecule has 40 heavy (non-hydrogen) atoms. The van der Waals surface area contributed by atoms with Gasteiger partial charge in [0.25, 0.3) is 0 Å². The predicted octanol–water partition coefficient (Wildman–Crippen LogP) is 5.20. The van der Waals surface area contributed by atoms with Crippen LogP contribution < -0.4 is 15.1 Å². The molecule has 2 aliphatic heterocycles. The number of nitrogens with zero attached hydrogens (tertiary/aromatic N) is 4. The molecule has 0 saturated carbocycles. The van der Waals surface area contributed by atoms with Crippen LogP contribution in [0, 0.1) is 13.8 Å². The highest BCUT2D eigenvalue weighted by molar-refractivity contribution is 7.80. The van der Waals surface area contributed by atoms with Gasteiger partial charge in [-0.3, -0.25) is 4.98 Å². The van der Waals surface area contributed by atoms with Crippen molar-refractivity contribution in [3.05, 3.63) is 107 Å².